The van der Waals surface area contributed by atoms with E-state index in [-0.39, 0.29) is 11.8 Å². The third-order valence-electron chi connectivity index (χ3n) is 2.87. The minimum absolute atomic E-state index is 0.0793. The van der Waals surface area contributed by atoms with Gasteiger partial charge < -0.3 is 15.2 Å². The molecule has 0 fully saturated rings. The lowest BCUT2D eigenvalue weighted by atomic mass is 9.97. The van der Waals surface area contributed by atoms with Gasteiger partial charge in [0.2, 0.25) is 5.91 Å². The van der Waals surface area contributed by atoms with Crippen LogP contribution in [0.15, 0.2) is 0 Å². The van der Waals surface area contributed by atoms with Gasteiger partial charge in [-0.15, -0.1) is 0 Å². The Balaban J connectivity index is 4.39. The van der Waals surface area contributed by atoms with Crippen LogP contribution in [0.25, 0.3) is 0 Å². The summed E-state index contributed by atoms with van der Waals surface area (Å²) in [4.78, 5) is 23.0. The van der Waals surface area contributed by atoms with Gasteiger partial charge >= 0.3 is 5.97 Å². The molecule has 0 aromatic carbocycles. The smallest absolute Gasteiger partial charge is 0.326 e. The third-order valence-corrected chi connectivity index (χ3v) is 2.87. The second-order valence-corrected chi connectivity index (χ2v) is 4.46. The van der Waals surface area contributed by atoms with Gasteiger partial charge in [0, 0.05) is 26.1 Å². The van der Waals surface area contributed by atoms with Crippen molar-refractivity contribution >= 4 is 11.9 Å². The highest BCUT2D eigenvalue weighted by molar-refractivity contribution is 5.84. The van der Waals surface area contributed by atoms with Gasteiger partial charge in [-0.1, -0.05) is 26.7 Å². The van der Waals surface area contributed by atoms with Crippen molar-refractivity contribution in [2.75, 3.05) is 13.7 Å². The van der Waals surface area contributed by atoms with Crippen molar-refractivity contribution in [3.63, 3.8) is 0 Å². The van der Waals surface area contributed by atoms with Crippen LogP contribution in [0.1, 0.15) is 46.0 Å². The molecule has 18 heavy (non-hydrogen) atoms. The Hall–Kier alpha value is -1.10. The molecular formula is C13H25NO4. The topological polar surface area (TPSA) is 75.6 Å². The van der Waals surface area contributed by atoms with Gasteiger partial charge in [0.05, 0.1) is 0 Å². The molecule has 0 aromatic heterocycles. The maximum Gasteiger partial charge on any atom is 0.326 e. The monoisotopic (exact) mass is 259 g/mol. The molecule has 2 N–H and O–H groups in total. The fraction of sp³-hybridized carbons (Fsp3) is 0.846. The first kappa shape index (κ1) is 16.9. The predicted octanol–water partition coefficient (Wildman–Crippen LogP) is 1.81. The summed E-state index contributed by atoms with van der Waals surface area (Å²) in [6.07, 6.45) is 3.75. The highest BCUT2D eigenvalue weighted by atomic mass is 16.5. The number of rotatable bonds is 10. The van der Waals surface area contributed by atoms with Gasteiger partial charge in [0.15, 0.2) is 0 Å². The van der Waals surface area contributed by atoms with Crippen molar-refractivity contribution in [3.8, 4) is 0 Å². The number of hydrogen-bond donors (Lipinski definition) is 2. The second kappa shape index (κ2) is 9.88. The molecule has 1 atom stereocenters. The first-order valence-electron chi connectivity index (χ1n) is 6.58. The van der Waals surface area contributed by atoms with Crippen molar-refractivity contribution < 1.29 is 19.4 Å². The van der Waals surface area contributed by atoms with Crippen LogP contribution in [-0.4, -0.2) is 36.7 Å². The standard InChI is InChI=1S/C13H25NO4/c1-4-6-10(7-5-2)12(15)14-11(13(16)17)8-9-18-3/h10-11H,4-9H2,1-3H3,(H,14,15)(H,16,17). The van der Waals surface area contributed by atoms with Crippen molar-refractivity contribution in [1.29, 1.82) is 0 Å². The van der Waals surface area contributed by atoms with Crippen LogP contribution in [0.3, 0.4) is 0 Å². The maximum absolute atomic E-state index is 12.0. The van der Waals surface area contributed by atoms with Gasteiger partial charge in [0.25, 0.3) is 0 Å². The lowest BCUT2D eigenvalue weighted by Crippen LogP contribution is -2.44. The molecule has 0 aliphatic rings. The predicted molar refractivity (Wildman–Crippen MR) is 69.4 cm³/mol. The molecule has 0 aliphatic carbocycles. The largest absolute Gasteiger partial charge is 0.480 e. The summed E-state index contributed by atoms with van der Waals surface area (Å²) in [5.74, 6) is -1.24. The number of carboxylic acids is 1. The Morgan fingerprint density at radius 3 is 2.11 bits per heavy atom. The van der Waals surface area contributed by atoms with E-state index in [0.717, 1.165) is 25.7 Å². The van der Waals surface area contributed by atoms with E-state index < -0.39 is 12.0 Å². The Morgan fingerprint density at radius 1 is 1.17 bits per heavy atom. The van der Waals surface area contributed by atoms with E-state index in [9.17, 15) is 9.59 Å². The van der Waals surface area contributed by atoms with Gasteiger partial charge in [0.1, 0.15) is 6.04 Å². The summed E-state index contributed by atoms with van der Waals surface area (Å²) >= 11 is 0. The first-order valence-corrected chi connectivity index (χ1v) is 6.58. The Labute approximate surface area is 109 Å². The van der Waals surface area contributed by atoms with Gasteiger partial charge in [-0.3, -0.25) is 4.79 Å². The molecule has 5 heteroatoms. The number of carbonyl (C=O) groups is 2. The fourth-order valence-electron chi connectivity index (χ4n) is 1.89. The van der Waals surface area contributed by atoms with Crippen molar-refractivity contribution in [3.05, 3.63) is 0 Å². The highest BCUT2D eigenvalue weighted by Crippen LogP contribution is 2.14. The minimum atomic E-state index is -1.01. The third kappa shape index (κ3) is 6.59. The number of carbonyl (C=O) groups excluding carboxylic acids is 1. The van der Waals surface area contributed by atoms with Crippen LogP contribution >= 0.6 is 0 Å². The molecule has 1 unspecified atom stereocenters. The summed E-state index contributed by atoms with van der Waals surface area (Å²) in [7, 11) is 1.51. The van der Waals surface area contributed by atoms with Crippen LogP contribution in [-0.2, 0) is 14.3 Å². The van der Waals surface area contributed by atoms with Gasteiger partial charge in [-0.25, -0.2) is 4.79 Å². The molecule has 1 amide bonds. The zero-order valence-corrected chi connectivity index (χ0v) is 11.6. The van der Waals surface area contributed by atoms with Crippen LogP contribution in [0.4, 0.5) is 0 Å². The number of nitrogens with one attached hydrogen (secondary N) is 1. The van der Waals surface area contributed by atoms with Gasteiger partial charge in [-0.2, -0.15) is 0 Å². The molecule has 106 valence electrons. The number of amides is 1. The molecule has 5 nitrogen and oxygen atoms in total. The van der Waals surface area contributed by atoms with Crippen LogP contribution in [0, 0.1) is 5.92 Å². The number of aliphatic carboxylic acids is 1. The Kier molecular flexibility index (Phi) is 9.28. The van der Waals surface area contributed by atoms with Gasteiger partial charge in [-0.05, 0) is 12.8 Å². The summed E-state index contributed by atoms with van der Waals surface area (Å²) < 4.78 is 4.84. The average Bonchev–Trinajstić information content (AvgIpc) is 2.33. The Morgan fingerprint density at radius 2 is 1.72 bits per heavy atom. The Bertz CT molecular complexity index is 249. The lowest BCUT2D eigenvalue weighted by molar-refractivity contribution is -0.143. The minimum Gasteiger partial charge on any atom is -0.480 e. The first-order chi connectivity index (χ1) is 8.56. The molecule has 0 aromatic rings. The average molecular weight is 259 g/mol. The molecule has 0 radical (unpaired) electrons. The molecule has 0 spiro atoms. The summed E-state index contributed by atoms with van der Waals surface area (Å²) in [6, 6.07) is -0.853. The molecule has 0 rings (SSSR count). The molecule has 0 saturated carbocycles. The normalized spacial score (nSPS) is 12.4. The van der Waals surface area contributed by atoms with E-state index in [1.54, 1.807) is 0 Å². The molecule has 0 aliphatic heterocycles. The van der Waals surface area contributed by atoms with Crippen molar-refractivity contribution in [1.82, 2.24) is 5.32 Å². The number of carboxylic acid groups (broad SMARTS) is 1. The van der Waals surface area contributed by atoms with E-state index in [1.807, 2.05) is 13.8 Å². The van der Waals surface area contributed by atoms with E-state index >= 15 is 0 Å². The molecule has 0 heterocycles. The highest BCUT2D eigenvalue weighted by Gasteiger charge is 2.23. The second-order valence-electron chi connectivity index (χ2n) is 4.46. The van der Waals surface area contributed by atoms with Crippen LogP contribution in [0.2, 0.25) is 0 Å². The number of methoxy groups -OCH3 is 1. The van der Waals surface area contributed by atoms with Crippen LogP contribution in [0.5, 0.6) is 0 Å². The van der Waals surface area contributed by atoms with Crippen molar-refractivity contribution in [2.24, 2.45) is 5.92 Å². The fourth-order valence-corrected chi connectivity index (χ4v) is 1.89. The van der Waals surface area contributed by atoms with E-state index in [2.05, 4.69) is 5.32 Å². The lowest BCUT2D eigenvalue weighted by Gasteiger charge is -2.19. The van der Waals surface area contributed by atoms with E-state index in [4.69, 9.17) is 9.84 Å². The van der Waals surface area contributed by atoms with E-state index in [0.29, 0.717) is 13.0 Å². The van der Waals surface area contributed by atoms with Crippen LogP contribution < -0.4 is 5.32 Å². The molecular weight excluding hydrogens is 234 g/mol. The summed E-state index contributed by atoms with van der Waals surface area (Å²) in [6.45, 7) is 4.37. The quantitative estimate of drug-likeness (QED) is 0.627. The molecule has 0 bridgehead atoms. The van der Waals surface area contributed by atoms with E-state index in [1.165, 1.54) is 7.11 Å². The number of ether oxygens (including phenoxy) is 1. The maximum atomic E-state index is 12.0. The zero-order chi connectivity index (χ0) is 14.0. The molecule has 0 saturated heterocycles. The zero-order valence-electron chi connectivity index (χ0n) is 11.6. The summed E-state index contributed by atoms with van der Waals surface area (Å²) in [5, 5.41) is 11.6. The number of hydrogen-bond acceptors (Lipinski definition) is 3. The van der Waals surface area contributed by atoms with Crippen molar-refractivity contribution in [2.45, 2.75) is 52.0 Å². The SMILES string of the molecule is CCCC(CCC)C(=O)NC(CCOC)C(=O)O. The summed E-state index contributed by atoms with van der Waals surface area (Å²) in [5.41, 5.74) is 0.